The van der Waals surface area contributed by atoms with E-state index in [1.165, 1.54) is 38.5 Å². The number of epoxide rings is 1. The van der Waals surface area contributed by atoms with Crippen molar-refractivity contribution < 1.29 is 14.7 Å². The van der Waals surface area contributed by atoms with Crippen molar-refractivity contribution in [2.24, 2.45) is 39.7 Å². The Balaban J connectivity index is 1.38. The molecule has 0 amide bonds. The molecule has 0 radical (unpaired) electrons. The molecular weight excluding hydrogens is 302 g/mol. The molecular formula is C20H29NO3. The minimum atomic E-state index is -0.0804. The Hall–Kier alpha value is -0.610. The summed E-state index contributed by atoms with van der Waals surface area (Å²) in [5.41, 5.74) is 0.491. The van der Waals surface area contributed by atoms with E-state index >= 15 is 0 Å². The lowest BCUT2D eigenvalue weighted by molar-refractivity contribution is -0.130. The molecule has 4 nitrogen and oxygen atoms in total. The molecule has 1 saturated heterocycles. The lowest BCUT2D eigenvalue weighted by atomic mass is 9.44. The van der Waals surface area contributed by atoms with E-state index in [1.807, 2.05) is 6.21 Å². The predicted octanol–water partition coefficient (Wildman–Crippen LogP) is 3.13. The van der Waals surface area contributed by atoms with Crippen molar-refractivity contribution in [3.05, 3.63) is 0 Å². The second kappa shape index (κ2) is 4.20. The summed E-state index contributed by atoms with van der Waals surface area (Å²) in [7, 11) is 0. The first kappa shape index (κ1) is 14.5. The minimum absolute atomic E-state index is 0.0635. The Morgan fingerprint density at radius 1 is 1.08 bits per heavy atom. The highest BCUT2D eigenvalue weighted by Gasteiger charge is 2.78. The maximum Gasteiger partial charge on any atom is 0.164 e. The monoisotopic (exact) mass is 331 g/mol. The predicted molar refractivity (Wildman–Crippen MR) is 89.5 cm³/mol. The molecule has 132 valence electrons. The summed E-state index contributed by atoms with van der Waals surface area (Å²) in [6.07, 6.45) is 10.7. The van der Waals surface area contributed by atoms with Crippen LogP contribution in [0.5, 0.6) is 0 Å². The summed E-state index contributed by atoms with van der Waals surface area (Å²) >= 11 is 0. The Labute approximate surface area is 144 Å². The molecule has 4 heteroatoms. The zero-order valence-electron chi connectivity index (χ0n) is 14.8. The van der Waals surface area contributed by atoms with Crippen LogP contribution in [-0.2, 0) is 9.57 Å². The average molecular weight is 331 g/mol. The number of aliphatic hydroxyl groups is 1. The molecule has 10 atom stereocenters. The normalized spacial score (nSPS) is 65.9. The van der Waals surface area contributed by atoms with E-state index in [0.717, 1.165) is 18.3 Å². The van der Waals surface area contributed by atoms with Gasteiger partial charge in [0.05, 0.1) is 12.3 Å². The summed E-state index contributed by atoms with van der Waals surface area (Å²) < 4.78 is 6.44. The topological polar surface area (TPSA) is 54.3 Å². The molecule has 2 heterocycles. The van der Waals surface area contributed by atoms with Crippen LogP contribution in [0.15, 0.2) is 5.16 Å². The van der Waals surface area contributed by atoms with Crippen molar-refractivity contribution in [2.75, 3.05) is 0 Å². The van der Waals surface area contributed by atoms with Gasteiger partial charge in [0.15, 0.2) is 6.10 Å². The van der Waals surface area contributed by atoms with Gasteiger partial charge in [0.2, 0.25) is 0 Å². The van der Waals surface area contributed by atoms with Crippen LogP contribution in [0.1, 0.15) is 58.8 Å². The van der Waals surface area contributed by atoms with Crippen molar-refractivity contribution in [1.82, 2.24) is 0 Å². The largest absolute Gasteiger partial charge is 0.393 e. The molecule has 5 unspecified atom stereocenters. The molecule has 2 aliphatic heterocycles. The molecule has 5 fully saturated rings. The number of hydrogen-bond acceptors (Lipinski definition) is 4. The van der Waals surface area contributed by atoms with Gasteiger partial charge in [-0.25, -0.2) is 0 Å². The summed E-state index contributed by atoms with van der Waals surface area (Å²) in [5.74, 6) is 2.67. The van der Waals surface area contributed by atoms with Crippen LogP contribution in [-0.4, -0.2) is 35.2 Å². The fourth-order valence-electron chi connectivity index (χ4n) is 8.23. The van der Waals surface area contributed by atoms with Crippen LogP contribution in [0.25, 0.3) is 0 Å². The first-order valence-corrected chi connectivity index (χ1v) is 10.0. The summed E-state index contributed by atoms with van der Waals surface area (Å²) in [5, 5.41) is 14.7. The number of nitrogens with zero attached hydrogens (tertiary/aromatic N) is 1. The molecule has 0 aromatic carbocycles. The van der Waals surface area contributed by atoms with Crippen LogP contribution < -0.4 is 0 Å². The van der Waals surface area contributed by atoms with Gasteiger partial charge in [-0.1, -0.05) is 19.0 Å². The zero-order chi connectivity index (χ0) is 16.3. The van der Waals surface area contributed by atoms with Gasteiger partial charge < -0.3 is 14.7 Å². The van der Waals surface area contributed by atoms with Gasteiger partial charge >= 0.3 is 0 Å². The summed E-state index contributed by atoms with van der Waals surface area (Å²) in [6.45, 7) is 4.88. The van der Waals surface area contributed by atoms with E-state index in [2.05, 4.69) is 19.0 Å². The second-order valence-electron chi connectivity index (χ2n) is 10.1. The highest BCUT2D eigenvalue weighted by molar-refractivity contribution is 5.64. The van der Waals surface area contributed by atoms with Gasteiger partial charge in [-0.3, -0.25) is 0 Å². The number of rotatable bonds is 0. The van der Waals surface area contributed by atoms with Gasteiger partial charge in [-0.15, -0.1) is 0 Å². The SMILES string of the molecule is C[C@]12CCC3C(CC[C@@]45O[C@@H]4C4ON=CC4C[C@]35C)C1CC[C@@H]2O. The molecule has 24 heavy (non-hydrogen) atoms. The number of oxime groups is 1. The molecule has 6 aliphatic rings. The van der Waals surface area contributed by atoms with E-state index in [4.69, 9.17) is 9.57 Å². The van der Waals surface area contributed by atoms with Gasteiger partial charge in [0, 0.05) is 11.3 Å². The van der Waals surface area contributed by atoms with Crippen LogP contribution in [0.4, 0.5) is 0 Å². The Morgan fingerprint density at radius 2 is 1.96 bits per heavy atom. The van der Waals surface area contributed by atoms with Crippen LogP contribution in [0.3, 0.4) is 0 Å². The Bertz CT molecular complexity index is 622. The standard InChI is InChI=1S/C20H29NO3/c1-18-7-6-14-12(13(18)3-4-15(18)22)5-8-20-17(23-20)16-11(10-21-24-16)9-19(14,20)2/h10-17,22H,3-9H2,1-2H3/t11?,12?,13?,14?,15-,16?,17+,18-,19+,20+/m0/s1. The van der Waals surface area contributed by atoms with E-state index in [0.29, 0.717) is 11.8 Å². The smallest absolute Gasteiger partial charge is 0.164 e. The van der Waals surface area contributed by atoms with Crippen LogP contribution in [0.2, 0.25) is 0 Å². The van der Waals surface area contributed by atoms with Crippen molar-refractivity contribution in [2.45, 2.75) is 82.7 Å². The molecule has 4 saturated carbocycles. The first-order valence-electron chi connectivity index (χ1n) is 10.0. The fraction of sp³-hybridized carbons (Fsp3) is 0.950. The van der Waals surface area contributed by atoms with E-state index < -0.39 is 0 Å². The summed E-state index contributed by atoms with van der Waals surface area (Å²) in [6, 6.07) is 0. The molecule has 1 N–H and O–H groups in total. The number of ether oxygens (including phenoxy) is 1. The number of aliphatic hydroxyl groups excluding tert-OH is 1. The quantitative estimate of drug-likeness (QED) is 0.694. The minimum Gasteiger partial charge on any atom is -0.393 e. The Morgan fingerprint density at radius 3 is 2.83 bits per heavy atom. The third-order valence-electron chi connectivity index (χ3n) is 9.58. The molecule has 4 aliphatic carbocycles. The summed E-state index contributed by atoms with van der Waals surface area (Å²) in [4.78, 5) is 5.65. The van der Waals surface area contributed by atoms with Crippen LogP contribution >= 0.6 is 0 Å². The van der Waals surface area contributed by atoms with Crippen LogP contribution in [0, 0.1) is 34.5 Å². The highest BCUT2D eigenvalue weighted by Crippen LogP contribution is 2.73. The highest BCUT2D eigenvalue weighted by atomic mass is 16.7. The first-order chi connectivity index (χ1) is 11.5. The molecule has 6 rings (SSSR count). The van der Waals surface area contributed by atoms with Crippen molar-refractivity contribution in [3.8, 4) is 0 Å². The maximum atomic E-state index is 10.6. The van der Waals surface area contributed by atoms with E-state index in [-0.39, 0.29) is 34.7 Å². The van der Waals surface area contributed by atoms with Crippen molar-refractivity contribution in [3.63, 3.8) is 0 Å². The zero-order valence-corrected chi connectivity index (χ0v) is 14.8. The second-order valence-corrected chi connectivity index (χ2v) is 10.1. The molecule has 0 aromatic heterocycles. The third-order valence-corrected chi connectivity index (χ3v) is 9.58. The number of hydrogen-bond donors (Lipinski definition) is 1. The fourth-order valence-corrected chi connectivity index (χ4v) is 8.23. The Kier molecular flexibility index (Phi) is 2.55. The van der Waals surface area contributed by atoms with Gasteiger partial charge in [0.25, 0.3) is 0 Å². The van der Waals surface area contributed by atoms with Gasteiger partial charge in [-0.2, -0.15) is 0 Å². The van der Waals surface area contributed by atoms with E-state index in [9.17, 15) is 5.11 Å². The number of fused-ring (bicyclic) bond motifs is 6. The van der Waals surface area contributed by atoms with E-state index in [1.54, 1.807) is 0 Å². The average Bonchev–Trinajstić information content (AvgIpc) is 2.99. The molecule has 0 aromatic rings. The molecule has 0 bridgehead atoms. The van der Waals surface area contributed by atoms with Gasteiger partial charge in [0.1, 0.15) is 11.7 Å². The third kappa shape index (κ3) is 1.41. The van der Waals surface area contributed by atoms with Gasteiger partial charge in [-0.05, 0) is 68.1 Å². The van der Waals surface area contributed by atoms with Crippen molar-refractivity contribution >= 4 is 6.21 Å². The lowest BCUT2D eigenvalue weighted by Gasteiger charge is -2.59. The lowest BCUT2D eigenvalue weighted by Crippen LogP contribution is -2.60. The maximum absolute atomic E-state index is 10.6. The van der Waals surface area contributed by atoms with Crippen molar-refractivity contribution in [1.29, 1.82) is 0 Å². The molecule has 1 spiro atoms.